The molecule has 0 aliphatic carbocycles. The summed E-state index contributed by atoms with van der Waals surface area (Å²) in [5.41, 5.74) is 4.39. The van der Waals surface area contributed by atoms with Gasteiger partial charge in [-0.05, 0) is 50.1 Å². The van der Waals surface area contributed by atoms with Crippen LogP contribution in [0, 0.1) is 18.3 Å². The number of carbonyl (C=O) groups is 1. The summed E-state index contributed by atoms with van der Waals surface area (Å²) in [7, 11) is 1.58. The molecule has 34 heavy (non-hydrogen) atoms. The number of aryl methyl sites for hydroxylation is 1. The van der Waals surface area contributed by atoms with Gasteiger partial charge in [0.2, 0.25) is 0 Å². The molecule has 0 radical (unpaired) electrons. The number of benzene rings is 1. The number of hydrogen-bond donors (Lipinski definition) is 0. The first-order valence-electron chi connectivity index (χ1n) is 10.7. The number of methoxy groups -OCH3 is 1. The van der Waals surface area contributed by atoms with Crippen LogP contribution < -0.4 is 4.74 Å². The molecule has 0 N–H and O–H groups in total. The number of ketones is 1. The van der Waals surface area contributed by atoms with Crippen LogP contribution in [0.15, 0.2) is 61.2 Å². The maximum atomic E-state index is 13.0. The number of carbonyl (C=O) groups excluding carboxylic acids is 1. The highest BCUT2D eigenvalue weighted by Crippen LogP contribution is 2.24. The van der Waals surface area contributed by atoms with E-state index in [1.165, 1.54) is 0 Å². The molecule has 0 unspecified atom stereocenters. The summed E-state index contributed by atoms with van der Waals surface area (Å²) < 4.78 is 6.87. The van der Waals surface area contributed by atoms with Crippen molar-refractivity contribution in [3.63, 3.8) is 0 Å². The number of rotatable bonds is 7. The summed E-state index contributed by atoms with van der Waals surface area (Å²) in [5.74, 6) is 0.585. The number of ether oxygens (including phenoxy) is 1. The lowest BCUT2D eigenvalue weighted by Crippen LogP contribution is -2.15. The summed E-state index contributed by atoms with van der Waals surface area (Å²) in [6.45, 7) is 5.55. The van der Waals surface area contributed by atoms with Gasteiger partial charge in [0.1, 0.15) is 11.4 Å². The fourth-order valence-corrected chi connectivity index (χ4v) is 3.51. The number of nitriles is 1. The molecule has 0 saturated heterocycles. The highest BCUT2D eigenvalue weighted by Gasteiger charge is 2.21. The van der Waals surface area contributed by atoms with Crippen molar-refractivity contribution in [3.8, 4) is 28.8 Å². The highest BCUT2D eigenvalue weighted by atomic mass is 16.5. The largest absolute Gasteiger partial charge is 0.495 e. The predicted octanol–water partition coefficient (Wildman–Crippen LogP) is 4.27. The van der Waals surface area contributed by atoms with Gasteiger partial charge in [0, 0.05) is 29.9 Å². The molecular formula is C26H24N6O2. The summed E-state index contributed by atoms with van der Waals surface area (Å²) in [5, 5.41) is 17.9. The van der Waals surface area contributed by atoms with Gasteiger partial charge < -0.3 is 4.74 Å². The first-order valence-corrected chi connectivity index (χ1v) is 10.7. The Morgan fingerprint density at radius 2 is 2.00 bits per heavy atom. The van der Waals surface area contributed by atoms with Crippen molar-refractivity contribution in [2.75, 3.05) is 7.11 Å². The minimum Gasteiger partial charge on any atom is -0.495 e. The Hall–Kier alpha value is -4.38. The van der Waals surface area contributed by atoms with Crippen molar-refractivity contribution in [3.05, 3.63) is 83.6 Å². The van der Waals surface area contributed by atoms with Crippen LogP contribution in [0.2, 0.25) is 0 Å². The van der Waals surface area contributed by atoms with Crippen LogP contribution in [0.1, 0.15) is 41.0 Å². The Labute approximate surface area is 197 Å². The molecule has 170 valence electrons. The van der Waals surface area contributed by atoms with Crippen LogP contribution in [-0.2, 0) is 11.8 Å². The molecule has 0 saturated carbocycles. The third kappa shape index (κ3) is 4.69. The van der Waals surface area contributed by atoms with Gasteiger partial charge >= 0.3 is 0 Å². The molecule has 0 aliphatic heterocycles. The summed E-state index contributed by atoms with van der Waals surface area (Å²) in [4.78, 5) is 21.6. The number of Topliss-reactive ketones (excluding diaryl/α,β-unsaturated/α-hetero) is 1. The number of nitrogens with zero attached hydrogens (tertiary/aromatic N) is 6. The van der Waals surface area contributed by atoms with Crippen molar-refractivity contribution in [2.24, 2.45) is 0 Å². The summed E-state index contributed by atoms with van der Waals surface area (Å²) >= 11 is 0. The Morgan fingerprint density at radius 3 is 2.76 bits per heavy atom. The van der Waals surface area contributed by atoms with E-state index in [-0.39, 0.29) is 12.2 Å². The SMILES string of the molecule is COc1cncc(-c2cn(-c3cc(CC(=O)c4cccc(C(C)(C)C#N)c4)cnc3C)nn2)c1. The quantitative estimate of drug-likeness (QED) is 0.386. The molecular weight excluding hydrogens is 428 g/mol. The van der Waals surface area contributed by atoms with E-state index in [1.54, 1.807) is 48.7 Å². The minimum absolute atomic E-state index is 0.0473. The Morgan fingerprint density at radius 1 is 1.18 bits per heavy atom. The molecule has 0 bridgehead atoms. The molecule has 0 aliphatic rings. The van der Waals surface area contributed by atoms with Crippen LogP contribution in [0.5, 0.6) is 5.75 Å². The lowest BCUT2D eigenvalue weighted by Gasteiger charge is -2.16. The van der Waals surface area contributed by atoms with E-state index in [1.807, 2.05) is 45.0 Å². The zero-order chi connectivity index (χ0) is 24.3. The van der Waals surface area contributed by atoms with Gasteiger partial charge in [-0.25, -0.2) is 4.68 Å². The van der Waals surface area contributed by atoms with E-state index >= 15 is 0 Å². The van der Waals surface area contributed by atoms with Crippen molar-refractivity contribution in [1.29, 1.82) is 5.26 Å². The van der Waals surface area contributed by atoms with Crippen molar-refractivity contribution in [2.45, 2.75) is 32.6 Å². The van der Waals surface area contributed by atoms with Crippen molar-refractivity contribution in [1.82, 2.24) is 25.0 Å². The molecule has 3 heterocycles. The van der Waals surface area contributed by atoms with Gasteiger partial charge in [-0.1, -0.05) is 23.4 Å². The molecule has 0 amide bonds. The molecule has 4 aromatic rings. The average Bonchev–Trinajstić information content (AvgIpc) is 3.35. The number of pyridine rings is 2. The normalized spacial score (nSPS) is 11.1. The first kappa shape index (κ1) is 22.8. The second-order valence-corrected chi connectivity index (χ2v) is 8.53. The maximum absolute atomic E-state index is 13.0. The van der Waals surface area contributed by atoms with E-state index < -0.39 is 5.41 Å². The monoisotopic (exact) mass is 452 g/mol. The standard InChI is InChI=1S/C26H24N6O2/c1-17-24(32-15-23(30-31-32)20-11-22(34-4)14-28-13-20)8-18(12-29-17)9-25(33)19-6-5-7-21(10-19)26(2,3)16-27/h5-8,10-15H,9H2,1-4H3. The van der Waals surface area contributed by atoms with E-state index in [9.17, 15) is 10.1 Å². The van der Waals surface area contributed by atoms with Gasteiger partial charge in [0.05, 0.1) is 42.4 Å². The first-order chi connectivity index (χ1) is 16.3. The van der Waals surface area contributed by atoms with Crippen LogP contribution >= 0.6 is 0 Å². The Kier molecular flexibility index (Phi) is 6.19. The highest BCUT2D eigenvalue weighted by molar-refractivity contribution is 5.97. The molecule has 1 aromatic carbocycles. The second kappa shape index (κ2) is 9.24. The predicted molar refractivity (Wildman–Crippen MR) is 127 cm³/mol. The van der Waals surface area contributed by atoms with Gasteiger partial charge in [-0.2, -0.15) is 5.26 Å². The Balaban J connectivity index is 1.59. The minimum atomic E-state index is -0.669. The third-order valence-corrected chi connectivity index (χ3v) is 5.65. The average molecular weight is 453 g/mol. The zero-order valence-corrected chi connectivity index (χ0v) is 19.5. The van der Waals surface area contributed by atoms with Crippen LogP contribution in [0.4, 0.5) is 0 Å². The second-order valence-electron chi connectivity index (χ2n) is 8.53. The van der Waals surface area contributed by atoms with Crippen LogP contribution in [-0.4, -0.2) is 37.9 Å². The van der Waals surface area contributed by atoms with Crippen molar-refractivity contribution >= 4 is 5.78 Å². The molecule has 3 aromatic heterocycles. The van der Waals surface area contributed by atoms with E-state index in [0.29, 0.717) is 17.0 Å². The van der Waals surface area contributed by atoms with Crippen LogP contribution in [0.3, 0.4) is 0 Å². The molecule has 0 atom stereocenters. The van der Waals surface area contributed by atoms with Crippen LogP contribution in [0.25, 0.3) is 16.9 Å². The zero-order valence-electron chi connectivity index (χ0n) is 19.5. The van der Waals surface area contributed by atoms with E-state index in [4.69, 9.17) is 4.74 Å². The molecule has 0 fully saturated rings. The van der Waals surface area contributed by atoms with E-state index in [0.717, 1.165) is 28.1 Å². The number of hydrogen-bond acceptors (Lipinski definition) is 7. The molecule has 0 spiro atoms. The van der Waals surface area contributed by atoms with Crippen molar-refractivity contribution < 1.29 is 9.53 Å². The maximum Gasteiger partial charge on any atom is 0.167 e. The summed E-state index contributed by atoms with van der Waals surface area (Å²) in [6.07, 6.45) is 6.99. The molecule has 4 rings (SSSR count). The summed E-state index contributed by atoms with van der Waals surface area (Å²) in [6, 6.07) is 13.2. The fraction of sp³-hybridized carbons (Fsp3) is 0.231. The molecule has 8 nitrogen and oxygen atoms in total. The third-order valence-electron chi connectivity index (χ3n) is 5.65. The molecule has 8 heteroatoms. The lowest BCUT2D eigenvalue weighted by atomic mass is 9.85. The number of aromatic nitrogens is 5. The topological polar surface area (TPSA) is 107 Å². The lowest BCUT2D eigenvalue weighted by molar-refractivity contribution is 0.0992. The van der Waals surface area contributed by atoms with Gasteiger partial charge in [-0.3, -0.25) is 14.8 Å². The van der Waals surface area contributed by atoms with E-state index in [2.05, 4.69) is 26.3 Å². The van der Waals surface area contributed by atoms with Gasteiger partial charge in [-0.15, -0.1) is 5.10 Å². The Bertz CT molecular complexity index is 1400. The fourth-order valence-electron chi connectivity index (χ4n) is 3.51. The van der Waals surface area contributed by atoms with Gasteiger partial charge in [0.25, 0.3) is 0 Å². The smallest absolute Gasteiger partial charge is 0.167 e. The van der Waals surface area contributed by atoms with Gasteiger partial charge in [0.15, 0.2) is 5.78 Å².